The van der Waals surface area contributed by atoms with Gasteiger partial charge in [0.15, 0.2) is 6.10 Å². The summed E-state index contributed by atoms with van der Waals surface area (Å²) >= 11 is 5.88. The average molecular weight is 335 g/mol. The minimum Gasteiger partial charge on any atom is -0.481 e. The molecule has 0 saturated heterocycles. The second-order valence-corrected chi connectivity index (χ2v) is 5.81. The van der Waals surface area contributed by atoms with E-state index in [-0.39, 0.29) is 18.0 Å². The first-order chi connectivity index (χ1) is 10.9. The number of halogens is 1. The minimum atomic E-state index is -0.696. The number of rotatable bonds is 5. The Morgan fingerprint density at radius 1 is 1.35 bits per heavy atom. The minimum absolute atomic E-state index is 0.156. The summed E-state index contributed by atoms with van der Waals surface area (Å²) in [6, 6.07) is 8.71. The van der Waals surface area contributed by atoms with E-state index in [4.69, 9.17) is 16.3 Å². The summed E-state index contributed by atoms with van der Waals surface area (Å²) in [5, 5.41) is 3.26. The molecule has 0 unspecified atom stereocenters. The van der Waals surface area contributed by atoms with Crippen LogP contribution < -0.4 is 15.6 Å². The van der Waals surface area contributed by atoms with Crippen molar-refractivity contribution in [1.82, 2.24) is 10.3 Å². The van der Waals surface area contributed by atoms with E-state index in [1.54, 1.807) is 31.2 Å². The van der Waals surface area contributed by atoms with Gasteiger partial charge in [0.25, 0.3) is 11.5 Å². The Morgan fingerprint density at radius 3 is 2.74 bits per heavy atom. The van der Waals surface area contributed by atoms with Crippen molar-refractivity contribution in [3.63, 3.8) is 0 Å². The molecule has 1 amide bonds. The van der Waals surface area contributed by atoms with Gasteiger partial charge in [-0.25, -0.2) is 0 Å². The van der Waals surface area contributed by atoms with Crippen LogP contribution in [-0.4, -0.2) is 17.0 Å². The number of aryl methyl sites for hydroxylation is 2. The lowest BCUT2D eigenvalue weighted by molar-refractivity contribution is -0.127. The Kier molecular flexibility index (Phi) is 5.45. The van der Waals surface area contributed by atoms with Gasteiger partial charge in [-0.1, -0.05) is 17.7 Å². The van der Waals surface area contributed by atoms with Crippen molar-refractivity contribution in [2.24, 2.45) is 0 Å². The predicted octanol–water partition coefficient (Wildman–Crippen LogP) is 2.73. The van der Waals surface area contributed by atoms with Gasteiger partial charge < -0.3 is 15.0 Å². The van der Waals surface area contributed by atoms with E-state index in [1.807, 2.05) is 19.9 Å². The van der Waals surface area contributed by atoms with Crippen molar-refractivity contribution in [2.45, 2.75) is 33.4 Å². The number of hydrogen-bond acceptors (Lipinski definition) is 3. The van der Waals surface area contributed by atoms with Gasteiger partial charge in [-0.15, -0.1) is 0 Å². The summed E-state index contributed by atoms with van der Waals surface area (Å²) in [6.45, 7) is 5.46. The Balaban J connectivity index is 1.98. The van der Waals surface area contributed by atoms with Gasteiger partial charge in [0.1, 0.15) is 5.75 Å². The maximum absolute atomic E-state index is 12.1. The lowest BCUT2D eigenvalue weighted by Crippen LogP contribution is -2.37. The van der Waals surface area contributed by atoms with E-state index < -0.39 is 6.10 Å². The molecule has 2 N–H and O–H groups in total. The molecule has 122 valence electrons. The molecule has 0 spiro atoms. The van der Waals surface area contributed by atoms with E-state index in [0.717, 1.165) is 11.3 Å². The Bertz CT molecular complexity index is 771. The van der Waals surface area contributed by atoms with Crippen LogP contribution in [0.25, 0.3) is 0 Å². The number of pyridine rings is 1. The number of benzene rings is 1. The Hall–Kier alpha value is -2.27. The summed E-state index contributed by atoms with van der Waals surface area (Å²) in [7, 11) is 0. The van der Waals surface area contributed by atoms with Crippen molar-refractivity contribution in [3.8, 4) is 5.75 Å². The molecule has 1 heterocycles. The molecule has 5 nitrogen and oxygen atoms in total. The van der Waals surface area contributed by atoms with Gasteiger partial charge in [-0.05, 0) is 50.6 Å². The topological polar surface area (TPSA) is 71.2 Å². The molecule has 0 radical (unpaired) electrons. The van der Waals surface area contributed by atoms with Crippen molar-refractivity contribution >= 4 is 17.5 Å². The zero-order chi connectivity index (χ0) is 17.0. The van der Waals surface area contributed by atoms with Gasteiger partial charge in [-0.3, -0.25) is 9.59 Å². The SMILES string of the molecule is Cc1cc(C)c(CNC(=O)[C@@H](C)Oc2cccc(Cl)c2)c(=O)[nH]1. The quantitative estimate of drug-likeness (QED) is 0.883. The second-order valence-electron chi connectivity index (χ2n) is 5.38. The molecule has 0 aliphatic rings. The molecule has 2 aromatic rings. The van der Waals surface area contributed by atoms with Gasteiger partial charge >= 0.3 is 0 Å². The maximum atomic E-state index is 12.1. The predicted molar refractivity (Wildman–Crippen MR) is 89.9 cm³/mol. The van der Waals surface area contributed by atoms with Crippen LogP contribution in [0.3, 0.4) is 0 Å². The van der Waals surface area contributed by atoms with Gasteiger partial charge in [0.2, 0.25) is 0 Å². The lowest BCUT2D eigenvalue weighted by Gasteiger charge is -2.15. The zero-order valence-corrected chi connectivity index (χ0v) is 14.0. The summed E-state index contributed by atoms with van der Waals surface area (Å²) < 4.78 is 5.54. The van der Waals surface area contributed by atoms with E-state index in [2.05, 4.69) is 10.3 Å². The lowest BCUT2D eigenvalue weighted by atomic mass is 10.1. The standard InChI is InChI=1S/C17H19ClN2O3/c1-10-7-11(2)20-17(22)15(10)9-19-16(21)12(3)23-14-6-4-5-13(18)8-14/h4-8,12H,9H2,1-3H3,(H,19,21)(H,20,22)/t12-/m1/s1. The summed E-state index contributed by atoms with van der Waals surface area (Å²) in [4.78, 5) is 26.8. The number of hydrogen-bond donors (Lipinski definition) is 2. The number of ether oxygens (including phenoxy) is 1. The number of H-pyrrole nitrogens is 1. The fourth-order valence-electron chi connectivity index (χ4n) is 2.22. The number of aromatic nitrogens is 1. The molecular formula is C17H19ClN2O3. The Morgan fingerprint density at radius 2 is 2.09 bits per heavy atom. The normalized spacial score (nSPS) is 11.8. The monoisotopic (exact) mass is 334 g/mol. The summed E-state index contributed by atoms with van der Waals surface area (Å²) in [5.41, 5.74) is 1.99. The molecule has 2 rings (SSSR count). The fourth-order valence-corrected chi connectivity index (χ4v) is 2.40. The van der Waals surface area contributed by atoms with Gasteiger partial charge in [0, 0.05) is 22.8 Å². The van der Waals surface area contributed by atoms with Gasteiger partial charge in [0.05, 0.1) is 0 Å². The molecule has 0 aliphatic carbocycles. The van der Waals surface area contributed by atoms with Crippen molar-refractivity contribution in [1.29, 1.82) is 0 Å². The van der Waals surface area contributed by atoms with Crippen molar-refractivity contribution in [3.05, 3.63) is 62.5 Å². The largest absolute Gasteiger partial charge is 0.481 e. The molecule has 1 aromatic heterocycles. The Labute approximate surface area is 139 Å². The number of amides is 1. The average Bonchev–Trinajstić information content (AvgIpc) is 2.45. The van der Waals surface area contributed by atoms with Crippen LogP contribution in [0.4, 0.5) is 0 Å². The first-order valence-corrected chi connectivity index (χ1v) is 7.64. The molecule has 1 aromatic carbocycles. The third-order valence-electron chi connectivity index (χ3n) is 3.41. The third kappa shape index (κ3) is 4.60. The van der Waals surface area contributed by atoms with E-state index in [0.29, 0.717) is 16.3 Å². The zero-order valence-electron chi connectivity index (χ0n) is 13.3. The van der Waals surface area contributed by atoms with Crippen LogP contribution in [0.1, 0.15) is 23.7 Å². The summed E-state index contributed by atoms with van der Waals surface area (Å²) in [5.74, 6) is 0.217. The number of carbonyl (C=O) groups excluding carboxylic acids is 1. The highest BCUT2D eigenvalue weighted by molar-refractivity contribution is 6.30. The number of aromatic amines is 1. The molecule has 6 heteroatoms. The van der Waals surface area contributed by atoms with E-state index >= 15 is 0 Å². The molecule has 23 heavy (non-hydrogen) atoms. The summed E-state index contributed by atoms with van der Waals surface area (Å²) in [6.07, 6.45) is -0.696. The third-order valence-corrected chi connectivity index (χ3v) is 3.65. The van der Waals surface area contributed by atoms with Crippen LogP contribution >= 0.6 is 11.6 Å². The molecule has 0 fully saturated rings. The van der Waals surface area contributed by atoms with Gasteiger partial charge in [-0.2, -0.15) is 0 Å². The molecule has 0 aliphatic heterocycles. The first kappa shape index (κ1) is 17.1. The van der Waals surface area contributed by atoms with Crippen molar-refractivity contribution < 1.29 is 9.53 Å². The van der Waals surface area contributed by atoms with Crippen LogP contribution in [0.15, 0.2) is 35.1 Å². The highest BCUT2D eigenvalue weighted by Crippen LogP contribution is 2.18. The highest BCUT2D eigenvalue weighted by Gasteiger charge is 2.15. The van der Waals surface area contributed by atoms with Crippen LogP contribution in [0.2, 0.25) is 5.02 Å². The fraction of sp³-hybridized carbons (Fsp3) is 0.294. The second kappa shape index (κ2) is 7.33. The smallest absolute Gasteiger partial charge is 0.261 e. The van der Waals surface area contributed by atoms with Crippen molar-refractivity contribution in [2.75, 3.05) is 0 Å². The molecule has 0 bridgehead atoms. The molecule has 0 saturated carbocycles. The van der Waals surface area contributed by atoms with Crippen LogP contribution in [0, 0.1) is 13.8 Å². The first-order valence-electron chi connectivity index (χ1n) is 7.26. The maximum Gasteiger partial charge on any atom is 0.261 e. The molecular weight excluding hydrogens is 316 g/mol. The highest BCUT2D eigenvalue weighted by atomic mass is 35.5. The molecule has 1 atom stereocenters. The van der Waals surface area contributed by atoms with Crippen LogP contribution in [0.5, 0.6) is 5.75 Å². The van der Waals surface area contributed by atoms with Crippen LogP contribution in [-0.2, 0) is 11.3 Å². The number of nitrogens with one attached hydrogen (secondary N) is 2. The number of carbonyl (C=O) groups is 1. The van der Waals surface area contributed by atoms with E-state index in [9.17, 15) is 9.59 Å². The van der Waals surface area contributed by atoms with E-state index in [1.165, 1.54) is 0 Å².